The number of aromatic nitrogens is 1. The molecule has 136 valence electrons. The van der Waals surface area contributed by atoms with Crippen LogP contribution in [0.4, 0.5) is 0 Å². The van der Waals surface area contributed by atoms with Crippen molar-refractivity contribution in [2.24, 2.45) is 5.73 Å². The second-order valence-corrected chi connectivity index (χ2v) is 7.89. The van der Waals surface area contributed by atoms with Crippen LogP contribution in [0.1, 0.15) is 30.0 Å². The molecular weight excluding hydrogens is 380 g/mol. The predicted octanol–water partition coefficient (Wildman–Crippen LogP) is 2.03. The molecule has 9 heteroatoms. The van der Waals surface area contributed by atoms with Gasteiger partial charge in [-0.1, -0.05) is 0 Å². The number of nitrogens with two attached hydrogens (primary N) is 1. The van der Waals surface area contributed by atoms with Gasteiger partial charge in [-0.3, -0.25) is 9.59 Å². The molecule has 0 bridgehead atoms. The number of halogens is 1. The highest BCUT2D eigenvalue weighted by atomic mass is 35.5. The molecule has 0 spiro atoms. The summed E-state index contributed by atoms with van der Waals surface area (Å²) in [6.07, 6.45) is 0.695. The number of piperazine rings is 1. The zero-order valence-corrected chi connectivity index (χ0v) is 16.4. The van der Waals surface area contributed by atoms with E-state index in [0.717, 1.165) is 14.8 Å². The van der Waals surface area contributed by atoms with Crippen molar-refractivity contribution in [2.75, 3.05) is 32.7 Å². The molecule has 6 nitrogen and oxygen atoms in total. The summed E-state index contributed by atoms with van der Waals surface area (Å²) < 4.78 is 0. The van der Waals surface area contributed by atoms with E-state index in [1.807, 2.05) is 24.0 Å². The van der Waals surface area contributed by atoms with Crippen LogP contribution < -0.4 is 5.73 Å². The fraction of sp³-hybridized carbons (Fsp3) is 0.438. The molecule has 0 saturated carbocycles. The lowest BCUT2D eigenvalue weighted by atomic mass is 10.2. The molecule has 25 heavy (non-hydrogen) atoms. The van der Waals surface area contributed by atoms with Gasteiger partial charge in [0.2, 0.25) is 0 Å². The van der Waals surface area contributed by atoms with Crippen molar-refractivity contribution in [1.82, 2.24) is 14.8 Å². The van der Waals surface area contributed by atoms with E-state index in [4.69, 9.17) is 5.73 Å². The number of nitrogens with zero attached hydrogens (tertiary/aromatic N) is 3. The standard InChI is InChI=1S/C16H20N4O2S2.ClH/c1-11-2-3-13(24-11)16(22)20-8-6-19(7-9-20)15(21)12-10-23-14(18-12)4-5-17;/h2-3,10H,4-9,17H2,1H3;1H. The van der Waals surface area contributed by atoms with Crippen molar-refractivity contribution >= 4 is 46.9 Å². The second kappa shape index (κ2) is 8.75. The summed E-state index contributed by atoms with van der Waals surface area (Å²) in [6.45, 7) is 4.72. The third kappa shape index (κ3) is 4.58. The van der Waals surface area contributed by atoms with Gasteiger partial charge in [0.05, 0.1) is 9.88 Å². The first-order chi connectivity index (χ1) is 11.6. The van der Waals surface area contributed by atoms with Gasteiger partial charge in [-0.15, -0.1) is 35.1 Å². The van der Waals surface area contributed by atoms with Crippen LogP contribution in [0, 0.1) is 6.92 Å². The Hall–Kier alpha value is -1.48. The Bertz CT molecular complexity index is 738. The van der Waals surface area contributed by atoms with E-state index in [2.05, 4.69) is 4.98 Å². The van der Waals surface area contributed by atoms with Crippen LogP contribution in [0.3, 0.4) is 0 Å². The van der Waals surface area contributed by atoms with Gasteiger partial charge in [-0.05, 0) is 25.6 Å². The van der Waals surface area contributed by atoms with Gasteiger partial charge >= 0.3 is 0 Å². The minimum absolute atomic E-state index is 0. The molecule has 3 heterocycles. The molecule has 2 amide bonds. The van der Waals surface area contributed by atoms with Crippen molar-refractivity contribution in [3.63, 3.8) is 0 Å². The average molecular weight is 401 g/mol. The van der Waals surface area contributed by atoms with Gasteiger partial charge in [0.25, 0.3) is 11.8 Å². The number of aryl methyl sites for hydroxylation is 1. The van der Waals surface area contributed by atoms with Crippen LogP contribution >= 0.6 is 35.1 Å². The van der Waals surface area contributed by atoms with E-state index in [-0.39, 0.29) is 24.2 Å². The number of thiazole rings is 1. The highest BCUT2D eigenvalue weighted by Gasteiger charge is 2.27. The van der Waals surface area contributed by atoms with Gasteiger partial charge < -0.3 is 15.5 Å². The predicted molar refractivity (Wildman–Crippen MR) is 103 cm³/mol. The largest absolute Gasteiger partial charge is 0.334 e. The van der Waals surface area contributed by atoms with Crippen LogP contribution in [0.15, 0.2) is 17.5 Å². The monoisotopic (exact) mass is 400 g/mol. The van der Waals surface area contributed by atoms with Gasteiger partial charge in [0, 0.05) is 42.9 Å². The molecular formula is C16H21ClN4O2S2. The van der Waals surface area contributed by atoms with E-state index in [9.17, 15) is 9.59 Å². The Morgan fingerprint density at radius 1 is 1.16 bits per heavy atom. The third-order valence-electron chi connectivity index (χ3n) is 3.93. The summed E-state index contributed by atoms with van der Waals surface area (Å²) in [6, 6.07) is 3.83. The van der Waals surface area contributed by atoms with Crippen molar-refractivity contribution in [2.45, 2.75) is 13.3 Å². The van der Waals surface area contributed by atoms with Crippen LogP contribution in [0.25, 0.3) is 0 Å². The van der Waals surface area contributed by atoms with Gasteiger partial charge in [-0.25, -0.2) is 4.98 Å². The lowest BCUT2D eigenvalue weighted by molar-refractivity contribution is 0.0535. The van der Waals surface area contributed by atoms with Gasteiger partial charge in [-0.2, -0.15) is 0 Å². The normalized spacial score (nSPS) is 14.3. The van der Waals surface area contributed by atoms with E-state index >= 15 is 0 Å². The number of hydrogen-bond donors (Lipinski definition) is 1. The average Bonchev–Trinajstić information content (AvgIpc) is 3.23. The summed E-state index contributed by atoms with van der Waals surface area (Å²) in [5.41, 5.74) is 6.00. The zero-order valence-electron chi connectivity index (χ0n) is 13.9. The summed E-state index contributed by atoms with van der Waals surface area (Å²) in [5.74, 6) is -0.00678. The maximum atomic E-state index is 12.5. The molecule has 2 N–H and O–H groups in total. The quantitative estimate of drug-likeness (QED) is 0.851. The van der Waals surface area contributed by atoms with Crippen LogP contribution in [0.2, 0.25) is 0 Å². The maximum absolute atomic E-state index is 12.5. The number of hydrogen-bond acceptors (Lipinski definition) is 6. The molecule has 3 rings (SSSR count). The molecule has 1 aliphatic heterocycles. The first kappa shape index (κ1) is 19.8. The van der Waals surface area contributed by atoms with Crippen molar-refractivity contribution in [1.29, 1.82) is 0 Å². The van der Waals surface area contributed by atoms with E-state index in [1.165, 1.54) is 22.7 Å². The van der Waals surface area contributed by atoms with Crippen molar-refractivity contribution < 1.29 is 9.59 Å². The lowest BCUT2D eigenvalue weighted by Crippen LogP contribution is -2.50. The summed E-state index contributed by atoms with van der Waals surface area (Å²) >= 11 is 2.98. The smallest absolute Gasteiger partial charge is 0.273 e. The molecule has 0 unspecified atom stereocenters. The first-order valence-electron chi connectivity index (χ1n) is 7.88. The molecule has 2 aromatic heterocycles. The molecule has 1 aliphatic rings. The molecule has 0 atom stereocenters. The minimum atomic E-state index is -0.0615. The summed E-state index contributed by atoms with van der Waals surface area (Å²) in [5, 5.41) is 2.68. The Labute approximate surface area is 161 Å². The second-order valence-electron chi connectivity index (χ2n) is 5.66. The SMILES string of the molecule is Cc1ccc(C(=O)N2CCN(C(=O)c3csc(CCN)n3)CC2)s1.Cl. The lowest BCUT2D eigenvalue weighted by Gasteiger charge is -2.34. The Morgan fingerprint density at radius 3 is 2.36 bits per heavy atom. The Morgan fingerprint density at radius 2 is 1.80 bits per heavy atom. The van der Waals surface area contributed by atoms with E-state index < -0.39 is 0 Å². The zero-order chi connectivity index (χ0) is 17.1. The highest BCUT2D eigenvalue weighted by molar-refractivity contribution is 7.13. The molecule has 0 aromatic carbocycles. The maximum Gasteiger partial charge on any atom is 0.273 e. The van der Waals surface area contributed by atoms with Gasteiger partial charge in [0.1, 0.15) is 5.69 Å². The third-order valence-corrected chi connectivity index (χ3v) is 5.83. The number of rotatable bonds is 4. The number of amides is 2. The number of thiophene rings is 1. The summed E-state index contributed by atoms with van der Waals surface area (Å²) in [7, 11) is 0. The van der Waals surface area contributed by atoms with Crippen LogP contribution in [-0.4, -0.2) is 59.3 Å². The molecule has 1 fully saturated rings. The van der Waals surface area contributed by atoms with E-state index in [0.29, 0.717) is 44.8 Å². The number of carbonyl (C=O) groups excluding carboxylic acids is 2. The van der Waals surface area contributed by atoms with Crippen molar-refractivity contribution in [3.05, 3.63) is 38.0 Å². The fourth-order valence-corrected chi connectivity index (χ4v) is 4.25. The highest BCUT2D eigenvalue weighted by Crippen LogP contribution is 2.19. The van der Waals surface area contributed by atoms with Crippen LogP contribution in [-0.2, 0) is 6.42 Å². The summed E-state index contributed by atoms with van der Waals surface area (Å²) in [4.78, 5) is 34.8. The topological polar surface area (TPSA) is 79.5 Å². The fourth-order valence-electron chi connectivity index (χ4n) is 2.63. The molecule has 2 aromatic rings. The molecule has 0 aliphatic carbocycles. The number of carbonyl (C=O) groups is 2. The first-order valence-corrected chi connectivity index (χ1v) is 9.57. The Balaban J connectivity index is 0.00000225. The Kier molecular flexibility index (Phi) is 6.95. The van der Waals surface area contributed by atoms with Gasteiger partial charge in [0.15, 0.2) is 0 Å². The molecule has 0 radical (unpaired) electrons. The minimum Gasteiger partial charge on any atom is -0.334 e. The van der Waals surface area contributed by atoms with Crippen LogP contribution in [0.5, 0.6) is 0 Å². The van der Waals surface area contributed by atoms with E-state index in [1.54, 1.807) is 10.3 Å². The van der Waals surface area contributed by atoms with Crippen molar-refractivity contribution in [3.8, 4) is 0 Å². The molecule has 1 saturated heterocycles.